The van der Waals surface area contributed by atoms with Gasteiger partial charge in [-0.15, -0.1) is 0 Å². The lowest BCUT2D eigenvalue weighted by molar-refractivity contribution is -0.171. The summed E-state index contributed by atoms with van der Waals surface area (Å²) in [5.74, 6) is -1.76. The Morgan fingerprint density at radius 2 is 1.63 bits per heavy atom. The van der Waals surface area contributed by atoms with Crippen LogP contribution in [-0.4, -0.2) is 50.8 Å². The Kier molecular flexibility index (Phi) is 8.37. The quantitative estimate of drug-likeness (QED) is 0.200. The molecule has 1 N–H and O–H groups in total. The van der Waals surface area contributed by atoms with Gasteiger partial charge in [-0.3, -0.25) is 14.4 Å². The van der Waals surface area contributed by atoms with E-state index in [9.17, 15) is 19.5 Å². The van der Waals surface area contributed by atoms with Crippen LogP contribution in [0.25, 0.3) is 6.08 Å². The first-order valence-electron chi connectivity index (χ1n) is 17.3. The number of hydrogen-bond acceptors (Lipinski definition) is 7. The Morgan fingerprint density at radius 1 is 0.939 bits per heavy atom. The molecule has 7 rings (SSSR count). The molecule has 0 aromatic heterocycles. The summed E-state index contributed by atoms with van der Waals surface area (Å²) >= 11 is 0. The smallest absolute Gasteiger partial charge is 0.330 e. The summed E-state index contributed by atoms with van der Waals surface area (Å²) in [5.41, 5.74) is 0.337. The minimum Gasteiger partial charge on any atom is -0.482 e. The lowest BCUT2D eigenvalue weighted by Crippen LogP contribution is -2.72. The Labute approximate surface area is 289 Å². The molecular formula is C41H48O8. The number of aliphatic carboxylic acids is 1. The molecule has 4 bridgehead atoms. The lowest BCUT2D eigenvalue weighted by Gasteiger charge is -2.56. The molecule has 5 atom stereocenters. The third-order valence-corrected chi connectivity index (χ3v) is 11.0. The van der Waals surface area contributed by atoms with Gasteiger partial charge in [0.2, 0.25) is 0 Å². The molecule has 5 unspecified atom stereocenters. The van der Waals surface area contributed by atoms with Crippen molar-refractivity contribution >= 4 is 29.4 Å². The van der Waals surface area contributed by atoms with Crippen molar-refractivity contribution in [2.24, 2.45) is 11.8 Å². The largest absolute Gasteiger partial charge is 0.482 e. The van der Waals surface area contributed by atoms with E-state index in [-0.39, 0.29) is 41.7 Å². The highest BCUT2D eigenvalue weighted by molar-refractivity contribution is 6.18. The van der Waals surface area contributed by atoms with Crippen molar-refractivity contribution in [2.45, 2.75) is 123 Å². The number of carboxylic acid groups (broad SMARTS) is 1. The van der Waals surface area contributed by atoms with Crippen LogP contribution >= 0.6 is 0 Å². The van der Waals surface area contributed by atoms with Gasteiger partial charge in [0.25, 0.3) is 0 Å². The first-order valence-corrected chi connectivity index (χ1v) is 17.3. The molecule has 3 heterocycles. The van der Waals surface area contributed by atoms with Crippen LogP contribution in [0.15, 0.2) is 52.7 Å². The molecule has 3 aliphatic heterocycles. The summed E-state index contributed by atoms with van der Waals surface area (Å²) in [6, 6.07) is 0. The van der Waals surface area contributed by atoms with Crippen molar-refractivity contribution in [2.75, 3.05) is 0 Å². The maximum atomic E-state index is 15.1. The zero-order valence-electron chi connectivity index (χ0n) is 30.2. The summed E-state index contributed by atoms with van der Waals surface area (Å²) in [5, 5.41) is 9.71. The lowest BCUT2D eigenvalue weighted by atomic mass is 9.51. The minimum absolute atomic E-state index is 0.00458. The van der Waals surface area contributed by atoms with Gasteiger partial charge in [-0.1, -0.05) is 41.5 Å². The number of ketones is 3. The summed E-state index contributed by atoms with van der Waals surface area (Å²) in [4.78, 5) is 54.3. The molecule has 49 heavy (non-hydrogen) atoms. The second kappa shape index (κ2) is 11.8. The number of benzene rings is 1. The van der Waals surface area contributed by atoms with Crippen LogP contribution in [0.5, 0.6) is 11.5 Å². The van der Waals surface area contributed by atoms with E-state index in [0.29, 0.717) is 58.6 Å². The normalized spacial score (nSPS) is 30.0. The number of fused-ring (bicyclic) bond motifs is 2. The number of hydrogen-bond donors (Lipinski definition) is 1. The van der Waals surface area contributed by atoms with E-state index in [4.69, 9.17) is 14.2 Å². The number of rotatable bonds is 10. The van der Waals surface area contributed by atoms with Crippen molar-refractivity contribution in [1.82, 2.24) is 0 Å². The van der Waals surface area contributed by atoms with Gasteiger partial charge < -0.3 is 19.3 Å². The monoisotopic (exact) mass is 668 g/mol. The summed E-state index contributed by atoms with van der Waals surface area (Å²) in [7, 11) is 0. The van der Waals surface area contributed by atoms with Gasteiger partial charge in [0.15, 0.2) is 22.8 Å². The predicted octanol–water partition coefficient (Wildman–Crippen LogP) is 7.67. The molecule has 3 aliphatic carbocycles. The summed E-state index contributed by atoms with van der Waals surface area (Å²) < 4.78 is 21.0. The van der Waals surface area contributed by atoms with E-state index in [0.717, 1.165) is 12.0 Å². The van der Waals surface area contributed by atoms with Gasteiger partial charge in [-0.2, -0.15) is 0 Å². The molecule has 2 fully saturated rings. The number of ether oxygens (including phenoxy) is 3. The number of carbonyl (C=O) groups excluding carboxylic acids is 3. The first-order chi connectivity index (χ1) is 22.9. The number of Topliss-reactive ketones (excluding diaryl/α,β-unsaturated/α-hetero) is 3. The zero-order chi connectivity index (χ0) is 35.8. The van der Waals surface area contributed by atoms with Crippen molar-refractivity contribution in [3.05, 3.63) is 74.9 Å². The molecular weight excluding hydrogens is 620 g/mol. The second-order valence-corrected chi connectivity index (χ2v) is 15.8. The molecule has 1 saturated heterocycles. The van der Waals surface area contributed by atoms with Crippen LogP contribution < -0.4 is 9.47 Å². The maximum Gasteiger partial charge on any atom is 0.330 e. The Bertz CT molecular complexity index is 1840. The summed E-state index contributed by atoms with van der Waals surface area (Å²) in [6.45, 7) is 17.0. The van der Waals surface area contributed by atoms with Gasteiger partial charge in [0, 0.05) is 47.0 Å². The molecule has 1 aromatic carbocycles. The van der Waals surface area contributed by atoms with Gasteiger partial charge in [0.05, 0.1) is 11.2 Å². The average molecular weight is 669 g/mol. The third-order valence-electron chi connectivity index (χ3n) is 11.0. The molecule has 0 radical (unpaired) electrons. The van der Waals surface area contributed by atoms with Crippen LogP contribution in [0, 0.1) is 11.8 Å². The van der Waals surface area contributed by atoms with E-state index >= 15 is 4.79 Å². The highest BCUT2D eigenvalue weighted by Gasteiger charge is 2.81. The number of carboxylic acids is 1. The van der Waals surface area contributed by atoms with Gasteiger partial charge in [-0.05, 0) is 99.6 Å². The second-order valence-electron chi connectivity index (χ2n) is 15.8. The first kappa shape index (κ1) is 34.8. The standard InChI is InChI=1S/C41H48O8/c1-22(2)11-10-16-39(9)17-15-27-29(19-25(6)42)32-33(43)30-20-26-21-31-38(7,8)49-40(36(26)44,18-14-24(5)37(45)46)41(30,31)48-35(32)28(34(27)47-39)13-12-23(3)4/h11-12,14-15,17,20,26,31H,10,13,16,18-19,21H2,1-9H3,(H,45,46). The van der Waals surface area contributed by atoms with Crippen molar-refractivity contribution in [1.29, 1.82) is 0 Å². The van der Waals surface area contributed by atoms with Crippen LogP contribution in [-0.2, 0) is 32.0 Å². The molecule has 1 spiro atoms. The van der Waals surface area contributed by atoms with Crippen LogP contribution in [0.2, 0.25) is 0 Å². The Morgan fingerprint density at radius 3 is 2.27 bits per heavy atom. The van der Waals surface area contributed by atoms with E-state index < -0.39 is 34.3 Å². The Balaban J connectivity index is 1.64. The van der Waals surface area contributed by atoms with E-state index in [1.807, 2.05) is 46.8 Å². The number of carbonyl (C=O) groups is 4. The molecule has 8 heteroatoms. The molecule has 0 amide bonds. The fourth-order valence-corrected chi connectivity index (χ4v) is 8.71. The van der Waals surface area contributed by atoms with Crippen molar-refractivity contribution in [3.8, 4) is 11.5 Å². The fraction of sp³-hybridized carbons (Fsp3) is 0.512. The average Bonchev–Trinajstić information content (AvgIpc) is 3.15. The Hall–Kier alpha value is -4.04. The fourth-order valence-electron chi connectivity index (χ4n) is 8.71. The van der Waals surface area contributed by atoms with Gasteiger partial charge in [0.1, 0.15) is 22.9 Å². The van der Waals surface area contributed by atoms with E-state index in [2.05, 4.69) is 26.0 Å². The topological polar surface area (TPSA) is 116 Å². The molecule has 1 saturated carbocycles. The third kappa shape index (κ3) is 5.29. The van der Waals surface area contributed by atoms with Crippen LogP contribution in [0.1, 0.15) is 115 Å². The van der Waals surface area contributed by atoms with E-state index in [1.165, 1.54) is 25.5 Å². The SMILES string of the molecule is CC(=O)Cc1c2c(c(CC=C(C)C)c3c1C(=O)C1=CC4CC5C(C)(C)OC(CC=C(C)C(=O)O)(C4=O)C15O3)OC(C)(CCC=C(C)C)C=C2. The minimum atomic E-state index is -1.62. The summed E-state index contributed by atoms with van der Waals surface area (Å²) in [6.07, 6.45) is 13.8. The van der Waals surface area contributed by atoms with Crippen molar-refractivity contribution < 1.29 is 38.5 Å². The molecule has 6 aliphatic rings. The van der Waals surface area contributed by atoms with Gasteiger partial charge >= 0.3 is 5.97 Å². The predicted molar refractivity (Wildman–Crippen MR) is 187 cm³/mol. The molecule has 8 nitrogen and oxygen atoms in total. The van der Waals surface area contributed by atoms with Crippen LogP contribution in [0.3, 0.4) is 0 Å². The molecule has 1 aromatic rings. The van der Waals surface area contributed by atoms with Crippen LogP contribution in [0.4, 0.5) is 0 Å². The van der Waals surface area contributed by atoms with Gasteiger partial charge in [-0.25, -0.2) is 4.79 Å². The number of allylic oxidation sites excluding steroid dienone is 5. The molecule has 260 valence electrons. The highest BCUT2D eigenvalue weighted by Crippen LogP contribution is 2.68. The van der Waals surface area contributed by atoms with Crippen molar-refractivity contribution in [3.63, 3.8) is 0 Å². The highest BCUT2D eigenvalue weighted by atomic mass is 16.6. The zero-order valence-corrected chi connectivity index (χ0v) is 30.2. The van der Waals surface area contributed by atoms with E-state index in [1.54, 1.807) is 6.08 Å². The maximum absolute atomic E-state index is 15.1.